The highest BCUT2D eigenvalue weighted by Gasteiger charge is 2.16. The van der Waals surface area contributed by atoms with E-state index in [0.717, 1.165) is 11.4 Å². The van der Waals surface area contributed by atoms with Crippen LogP contribution in [0.15, 0.2) is 60.9 Å². The Morgan fingerprint density at radius 1 is 1.00 bits per heavy atom. The van der Waals surface area contributed by atoms with Crippen LogP contribution in [0.25, 0.3) is 0 Å². The lowest BCUT2D eigenvalue weighted by molar-refractivity contribution is 0.0987. The van der Waals surface area contributed by atoms with Gasteiger partial charge in [0.15, 0.2) is 0 Å². The summed E-state index contributed by atoms with van der Waals surface area (Å²) in [4.78, 5) is 23.0. The van der Waals surface area contributed by atoms with Crippen molar-refractivity contribution in [2.45, 2.75) is 20.8 Å². The number of carbonyl (C=O) groups is 1. The molecule has 0 fully saturated rings. The lowest BCUT2D eigenvalue weighted by Crippen LogP contribution is -2.30. The van der Waals surface area contributed by atoms with Crippen LogP contribution >= 0.6 is 0 Å². The average molecular weight is 346 g/mol. The molecule has 2 aromatic carbocycles. The highest BCUT2D eigenvalue weighted by molar-refractivity contribution is 6.05. The number of benzene rings is 2. The first kappa shape index (κ1) is 17.6. The normalized spacial score (nSPS) is 10.4. The van der Waals surface area contributed by atoms with Crippen molar-refractivity contribution in [2.75, 3.05) is 16.8 Å². The van der Waals surface area contributed by atoms with Crippen molar-refractivity contribution >= 4 is 23.2 Å². The van der Waals surface area contributed by atoms with E-state index in [0.29, 0.717) is 18.1 Å². The first-order valence-corrected chi connectivity index (χ1v) is 8.61. The predicted octanol–water partition coefficient (Wildman–Crippen LogP) is 4.50. The van der Waals surface area contributed by atoms with Gasteiger partial charge in [-0.15, -0.1) is 0 Å². The van der Waals surface area contributed by atoms with Gasteiger partial charge in [-0.25, -0.2) is 9.97 Å². The molecule has 3 rings (SSSR count). The standard InChI is InChI=1S/C21H22N4O/c1-4-25(19-8-6-5-7-9-19)20(26)17-13-22-21(23-14-17)24-18-11-10-15(2)16(3)12-18/h5-14H,4H2,1-3H3,(H,22,23,24). The van der Waals surface area contributed by atoms with Crippen LogP contribution in [0.2, 0.25) is 0 Å². The number of aryl methyl sites for hydroxylation is 2. The molecule has 5 nitrogen and oxygen atoms in total. The Morgan fingerprint density at radius 3 is 2.31 bits per heavy atom. The molecule has 0 saturated carbocycles. The largest absolute Gasteiger partial charge is 0.324 e. The molecule has 26 heavy (non-hydrogen) atoms. The van der Waals surface area contributed by atoms with Gasteiger partial charge in [-0.2, -0.15) is 0 Å². The lowest BCUT2D eigenvalue weighted by Gasteiger charge is -2.20. The minimum atomic E-state index is -0.114. The van der Waals surface area contributed by atoms with E-state index in [9.17, 15) is 4.79 Å². The van der Waals surface area contributed by atoms with Gasteiger partial charge in [0.2, 0.25) is 5.95 Å². The average Bonchev–Trinajstić information content (AvgIpc) is 2.67. The van der Waals surface area contributed by atoms with Gasteiger partial charge in [0.05, 0.1) is 5.56 Å². The second kappa shape index (κ2) is 7.78. The SMILES string of the molecule is CCN(C(=O)c1cnc(Nc2ccc(C)c(C)c2)nc1)c1ccccc1. The molecule has 1 amide bonds. The molecule has 0 aliphatic rings. The fraction of sp³-hybridized carbons (Fsp3) is 0.190. The summed E-state index contributed by atoms with van der Waals surface area (Å²) >= 11 is 0. The smallest absolute Gasteiger partial charge is 0.261 e. The highest BCUT2D eigenvalue weighted by atomic mass is 16.2. The number of nitrogens with one attached hydrogen (secondary N) is 1. The summed E-state index contributed by atoms with van der Waals surface area (Å²) in [7, 11) is 0. The Labute approximate surface area is 153 Å². The zero-order chi connectivity index (χ0) is 18.5. The van der Waals surface area contributed by atoms with Crippen molar-refractivity contribution in [3.8, 4) is 0 Å². The van der Waals surface area contributed by atoms with Gasteiger partial charge in [0.25, 0.3) is 5.91 Å². The summed E-state index contributed by atoms with van der Waals surface area (Å²) in [5, 5.41) is 3.17. The number of hydrogen-bond donors (Lipinski definition) is 1. The Hall–Kier alpha value is -3.21. The van der Waals surface area contributed by atoms with E-state index in [1.165, 1.54) is 11.1 Å². The van der Waals surface area contributed by atoms with Crippen molar-refractivity contribution in [1.29, 1.82) is 0 Å². The van der Waals surface area contributed by atoms with E-state index in [2.05, 4.69) is 35.2 Å². The molecule has 0 aliphatic heterocycles. The fourth-order valence-electron chi connectivity index (χ4n) is 2.66. The molecular formula is C21H22N4O. The quantitative estimate of drug-likeness (QED) is 0.739. The topological polar surface area (TPSA) is 58.1 Å². The monoisotopic (exact) mass is 346 g/mol. The third kappa shape index (κ3) is 3.88. The van der Waals surface area contributed by atoms with Crippen LogP contribution in [0.3, 0.4) is 0 Å². The molecule has 0 saturated heterocycles. The first-order valence-electron chi connectivity index (χ1n) is 8.61. The summed E-state index contributed by atoms with van der Waals surface area (Å²) in [6.45, 7) is 6.65. The number of aromatic nitrogens is 2. The van der Waals surface area contributed by atoms with Gasteiger partial charge < -0.3 is 10.2 Å². The molecule has 0 aliphatic carbocycles. The summed E-state index contributed by atoms with van der Waals surface area (Å²) < 4.78 is 0. The number of rotatable bonds is 5. The number of nitrogens with zero attached hydrogens (tertiary/aromatic N) is 3. The van der Waals surface area contributed by atoms with E-state index in [-0.39, 0.29) is 5.91 Å². The second-order valence-corrected chi connectivity index (χ2v) is 6.10. The summed E-state index contributed by atoms with van der Waals surface area (Å²) in [6.07, 6.45) is 3.12. The molecule has 0 bridgehead atoms. The van der Waals surface area contributed by atoms with Crippen LogP contribution in [0.1, 0.15) is 28.4 Å². The van der Waals surface area contributed by atoms with Gasteiger partial charge in [0.1, 0.15) is 0 Å². The molecule has 0 radical (unpaired) electrons. The molecule has 0 unspecified atom stereocenters. The zero-order valence-electron chi connectivity index (χ0n) is 15.2. The summed E-state index contributed by atoms with van der Waals surface area (Å²) in [5.41, 5.74) is 4.67. The molecule has 5 heteroatoms. The van der Waals surface area contributed by atoms with E-state index < -0.39 is 0 Å². The van der Waals surface area contributed by atoms with Gasteiger partial charge in [-0.05, 0) is 56.2 Å². The fourth-order valence-corrected chi connectivity index (χ4v) is 2.66. The van der Waals surface area contributed by atoms with E-state index in [1.807, 2.05) is 49.4 Å². The number of para-hydroxylation sites is 1. The maximum absolute atomic E-state index is 12.8. The zero-order valence-corrected chi connectivity index (χ0v) is 15.2. The van der Waals surface area contributed by atoms with Crippen LogP contribution in [0.5, 0.6) is 0 Å². The lowest BCUT2D eigenvalue weighted by atomic mass is 10.1. The third-order valence-corrected chi connectivity index (χ3v) is 4.29. The molecule has 1 heterocycles. The number of hydrogen-bond acceptors (Lipinski definition) is 4. The van der Waals surface area contributed by atoms with E-state index in [4.69, 9.17) is 0 Å². The van der Waals surface area contributed by atoms with Crippen LogP contribution in [-0.2, 0) is 0 Å². The van der Waals surface area contributed by atoms with Crippen molar-refractivity contribution in [3.05, 3.63) is 77.6 Å². The van der Waals surface area contributed by atoms with Crippen molar-refractivity contribution in [2.24, 2.45) is 0 Å². The van der Waals surface area contributed by atoms with Crippen molar-refractivity contribution in [1.82, 2.24) is 9.97 Å². The Bertz CT molecular complexity index is 892. The van der Waals surface area contributed by atoms with Crippen LogP contribution in [0.4, 0.5) is 17.3 Å². The van der Waals surface area contributed by atoms with E-state index >= 15 is 0 Å². The Kier molecular flexibility index (Phi) is 5.27. The van der Waals surface area contributed by atoms with Crippen molar-refractivity contribution < 1.29 is 4.79 Å². The second-order valence-electron chi connectivity index (χ2n) is 6.10. The summed E-state index contributed by atoms with van der Waals surface area (Å²) in [5.74, 6) is 0.351. The molecule has 0 atom stereocenters. The van der Waals surface area contributed by atoms with Gasteiger partial charge in [-0.1, -0.05) is 24.3 Å². The molecule has 3 aromatic rings. The molecule has 0 spiro atoms. The van der Waals surface area contributed by atoms with Gasteiger partial charge >= 0.3 is 0 Å². The molecule has 132 valence electrons. The van der Waals surface area contributed by atoms with Crippen LogP contribution in [0, 0.1) is 13.8 Å². The van der Waals surface area contributed by atoms with Crippen molar-refractivity contribution in [3.63, 3.8) is 0 Å². The highest BCUT2D eigenvalue weighted by Crippen LogP contribution is 2.19. The number of carbonyl (C=O) groups excluding carboxylic acids is 1. The Balaban J connectivity index is 1.76. The first-order chi connectivity index (χ1) is 12.6. The summed E-state index contributed by atoms with van der Waals surface area (Å²) in [6, 6.07) is 15.7. The van der Waals surface area contributed by atoms with E-state index in [1.54, 1.807) is 17.3 Å². The minimum absolute atomic E-state index is 0.114. The van der Waals surface area contributed by atoms with Gasteiger partial charge in [0, 0.05) is 30.3 Å². The molecule has 1 N–H and O–H groups in total. The molecular weight excluding hydrogens is 324 g/mol. The van der Waals surface area contributed by atoms with Crippen LogP contribution in [-0.4, -0.2) is 22.4 Å². The molecule has 1 aromatic heterocycles. The third-order valence-electron chi connectivity index (χ3n) is 4.29. The Morgan fingerprint density at radius 2 is 1.69 bits per heavy atom. The maximum atomic E-state index is 12.8. The van der Waals surface area contributed by atoms with Gasteiger partial charge in [-0.3, -0.25) is 4.79 Å². The predicted molar refractivity (Wildman–Crippen MR) is 105 cm³/mol. The maximum Gasteiger partial charge on any atom is 0.261 e. The van der Waals surface area contributed by atoms with Crippen LogP contribution < -0.4 is 10.2 Å². The number of anilines is 3. The minimum Gasteiger partial charge on any atom is -0.324 e. The number of amides is 1.